The molecular weight excluding hydrogens is 431 g/mol. The summed E-state index contributed by atoms with van der Waals surface area (Å²) in [7, 11) is 1.88. The van der Waals surface area contributed by atoms with Crippen molar-refractivity contribution in [2.24, 2.45) is 7.05 Å². The van der Waals surface area contributed by atoms with Gasteiger partial charge in [0, 0.05) is 48.5 Å². The minimum Gasteiger partial charge on any atom is -0.370 e. The lowest BCUT2D eigenvalue weighted by Gasteiger charge is -2.33. The Balaban J connectivity index is 1.62. The maximum Gasteiger partial charge on any atom is 0.134 e. The second-order valence-electron chi connectivity index (χ2n) is 7.97. The van der Waals surface area contributed by atoms with E-state index in [-0.39, 0.29) is 6.10 Å². The van der Waals surface area contributed by atoms with E-state index < -0.39 is 5.82 Å². The van der Waals surface area contributed by atoms with Crippen molar-refractivity contribution in [2.75, 3.05) is 24.6 Å². The Kier molecular flexibility index (Phi) is 5.27. The zero-order valence-electron chi connectivity index (χ0n) is 18.0. The number of ether oxygens (including phenoxy) is 1. The topological polar surface area (TPSA) is 69.0 Å². The molecule has 1 aromatic carbocycles. The molecule has 164 valence electrons. The fourth-order valence-corrected chi connectivity index (χ4v) is 4.07. The summed E-state index contributed by atoms with van der Waals surface area (Å²) in [5.41, 5.74) is 4.65. The van der Waals surface area contributed by atoms with Crippen molar-refractivity contribution in [3.8, 4) is 11.3 Å². The minimum absolute atomic E-state index is 0.128. The Morgan fingerprint density at radius 1 is 1.12 bits per heavy atom. The Bertz CT molecular complexity index is 1320. The largest absolute Gasteiger partial charge is 0.370 e. The summed E-state index contributed by atoms with van der Waals surface area (Å²) in [5, 5.41) is 4.58. The summed E-state index contributed by atoms with van der Waals surface area (Å²) >= 11 is 5.98. The van der Waals surface area contributed by atoms with Gasteiger partial charge in [0.1, 0.15) is 28.9 Å². The van der Waals surface area contributed by atoms with Gasteiger partial charge in [0.05, 0.1) is 29.7 Å². The molecule has 1 unspecified atom stereocenters. The molecule has 1 saturated heterocycles. The van der Waals surface area contributed by atoms with E-state index >= 15 is 0 Å². The SMILES string of the molecule is Cc1nc2cc(N3CCOC(c4cnn(C)c4)C3)nc(-c3ccc(Cl)cc3F)c2nc1C. The van der Waals surface area contributed by atoms with Gasteiger partial charge < -0.3 is 9.64 Å². The number of pyridine rings is 1. The number of halogens is 2. The third kappa shape index (κ3) is 3.80. The third-order valence-corrected chi connectivity index (χ3v) is 5.96. The van der Waals surface area contributed by atoms with Crippen molar-refractivity contribution < 1.29 is 9.13 Å². The molecule has 4 heterocycles. The first kappa shape index (κ1) is 20.8. The lowest BCUT2D eigenvalue weighted by Crippen LogP contribution is -2.38. The molecule has 1 fully saturated rings. The van der Waals surface area contributed by atoms with E-state index in [9.17, 15) is 4.39 Å². The van der Waals surface area contributed by atoms with Gasteiger partial charge in [0.15, 0.2) is 0 Å². The van der Waals surface area contributed by atoms with Gasteiger partial charge in [0.25, 0.3) is 0 Å². The lowest BCUT2D eigenvalue weighted by atomic mass is 10.1. The Morgan fingerprint density at radius 2 is 1.94 bits per heavy atom. The number of nitrogens with zero attached hydrogens (tertiary/aromatic N) is 6. The smallest absolute Gasteiger partial charge is 0.134 e. The molecule has 9 heteroatoms. The van der Waals surface area contributed by atoms with Crippen LogP contribution >= 0.6 is 11.6 Å². The highest BCUT2D eigenvalue weighted by molar-refractivity contribution is 6.30. The summed E-state index contributed by atoms with van der Waals surface area (Å²) in [4.78, 5) is 16.4. The van der Waals surface area contributed by atoms with Gasteiger partial charge >= 0.3 is 0 Å². The van der Waals surface area contributed by atoms with E-state index in [1.54, 1.807) is 16.8 Å². The van der Waals surface area contributed by atoms with Crippen LogP contribution in [0.15, 0.2) is 36.7 Å². The van der Waals surface area contributed by atoms with Gasteiger partial charge in [-0.25, -0.2) is 19.3 Å². The van der Waals surface area contributed by atoms with E-state index in [0.717, 1.165) is 17.0 Å². The third-order valence-electron chi connectivity index (χ3n) is 5.72. The van der Waals surface area contributed by atoms with Crippen LogP contribution in [0, 0.1) is 19.7 Å². The molecule has 0 N–H and O–H groups in total. The van der Waals surface area contributed by atoms with Crippen molar-refractivity contribution >= 4 is 28.5 Å². The highest BCUT2D eigenvalue weighted by Crippen LogP contribution is 2.33. The number of rotatable bonds is 3. The normalized spacial score (nSPS) is 16.7. The molecule has 7 nitrogen and oxygen atoms in total. The monoisotopic (exact) mass is 452 g/mol. The molecular formula is C23H22ClFN6O. The molecule has 0 aliphatic carbocycles. The number of anilines is 1. The number of morpholine rings is 1. The number of aryl methyl sites for hydroxylation is 3. The summed E-state index contributed by atoms with van der Waals surface area (Å²) < 4.78 is 22.6. The first-order valence-corrected chi connectivity index (χ1v) is 10.7. The molecule has 0 saturated carbocycles. The number of hydrogen-bond donors (Lipinski definition) is 0. The second-order valence-corrected chi connectivity index (χ2v) is 8.40. The van der Waals surface area contributed by atoms with E-state index in [1.165, 1.54) is 6.07 Å². The first-order valence-electron chi connectivity index (χ1n) is 10.4. The Hall–Kier alpha value is -3.10. The molecule has 0 spiro atoms. The zero-order chi connectivity index (χ0) is 22.4. The van der Waals surface area contributed by atoms with Gasteiger partial charge in [-0.05, 0) is 32.0 Å². The fourth-order valence-electron chi connectivity index (χ4n) is 3.91. The van der Waals surface area contributed by atoms with Gasteiger partial charge in [-0.1, -0.05) is 11.6 Å². The number of fused-ring (bicyclic) bond motifs is 1. The van der Waals surface area contributed by atoms with Gasteiger partial charge in [-0.2, -0.15) is 5.10 Å². The summed E-state index contributed by atoms with van der Waals surface area (Å²) in [6.07, 6.45) is 3.64. The number of benzene rings is 1. The van der Waals surface area contributed by atoms with Crippen LogP contribution in [0.3, 0.4) is 0 Å². The average molecular weight is 453 g/mol. The van der Waals surface area contributed by atoms with Crippen LogP contribution in [0.25, 0.3) is 22.3 Å². The lowest BCUT2D eigenvalue weighted by molar-refractivity contribution is 0.0395. The summed E-state index contributed by atoms with van der Waals surface area (Å²) in [6, 6.07) is 6.50. The van der Waals surface area contributed by atoms with E-state index in [2.05, 4.69) is 15.0 Å². The highest BCUT2D eigenvalue weighted by Gasteiger charge is 2.26. The van der Waals surface area contributed by atoms with Gasteiger partial charge in [-0.3, -0.25) is 4.68 Å². The molecule has 1 atom stereocenters. The maximum absolute atomic E-state index is 14.9. The molecule has 4 aromatic rings. The van der Waals surface area contributed by atoms with Crippen LogP contribution in [0.5, 0.6) is 0 Å². The van der Waals surface area contributed by atoms with Crippen LogP contribution in [0.1, 0.15) is 23.1 Å². The maximum atomic E-state index is 14.9. The molecule has 0 amide bonds. The summed E-state index contributed by atoms with van der Waals surface area (Å²) in [6.45, 7) is 5.61. The van der Waals surface area contributed by atoms with Crippen molar-refractivity contribution in [3.05, 3.63) is 64.5 Å². The second kappa shape index (κ2) is 8.11. The van der Waals surface area contributed by atoms with Gasteiger partial charge in [-0.15, -0.1) is 0 Å². The first-order chi connectivity index (χ1) is 15.4. The minimum atomic E-state index is -0.446. The van der Waals surface area contributed by atoms with Crippen molar-refractivity contribution in [2.45, 2.75) is 20.0 Å². The van der Waals surface area contributed by atoms with Crippen LogP contribution in [0.2, 0.25) is 5.02 Å². The Labute approximate surface area is 189 Å². The van der Waals surface area contributed by atoms with E-state index in [0.29, 0.717) is 52.8 Å². The predicted molar refractivity (Wildman–Crippen MR) is 121 cm³/mol. The molecule has 1 aliphatic heterocycles. The zero-order valence-corrected chi connectivity index (χ0v) is 18.8. The summed E-state index contributed by atoms with van der Waals surface area (Å²) in [5.74, 6) is 0.260. The molecule has 5 rings (SSSR count). The quantitative estimate of drug-likeness (QED) is 0.458. The molecule has 0 radical (unpaired) electrons. The van der Waals surface area contributed by atoms with Crippen LogP contribution in [-0.4, -0.2) is 44.4 Å². The van der Waals surface area contributed by atoms with Crippen LogP contribution in [0.4, 0.5) is 10.2 Å². The average Bonchev–Trinajstić information content (AvgIpc) is 3.21. The number of aromatic nitrogens is 5. The van der Waals surface area contributed by atoms with Gasteiger partial charge in [0.2, 0.25) is 0 Å². The molecule has 3 aromatic heterocycles. The molecule has 0 bridgehead atoms. The van der Waals surface area contributed by atoms with Crippen LogP contribution < -0.4 is 4.90 Å². The van der Waals surface area contributed by atoms with Crippen LogP contribution in [-0.2, 0) is 11.8 Å². The standard InChI is InChI=1S/C23H22ClFN6O/c1-13-14(2)28-23-19(27-13)9-21(29-22(23)17-5-4-16(24)8-18(17)25)31-6-7-32-20(12-31)15-10-26-30(3)11-15/h4-5,8-11,20H,6-7,12H2,1-3H3. The number of hydrogen-bond acceptors (Lipinski definition) is 6. The van der Waals surface area contributed by atoms with E-state index in [1.807, 2.05) is 39.4 Å². The highest BCUT2D eigenvalue weighted by atomic mass is 35.5. The fraction of sp³-hybridized carbons (Fsp3) is 0.304. The predicted octanol–water partition coefficient (Wildman–Crippen LogP) is 4.41. The van der Waals surface area contributed by atoms with E-state index in [4.69, 9.17) is 26.3 Å². The van der Waals surface area contributed by atoms with Crippen molar-refractivity contribution in [1.29, 1.82) is 0 Å². The molecule has 32 heavy (non-hydrogen) atoms. The van der Waals surface area contributed by atoms with Crippen molar-refractivity contribution in [3.63, 3.8) is 0 Å². The molecule has 1 aliphatic rings. The van der Waals surface area contributed by atoms with Crippen molar-refractivity contribution in [1.82, 2.24) is 24.7 Å². The Morgan fingerprint density at radius 3 is 2.69 bits per heavy atom.